The van der Waals surface area contributed by atoms with E-state index in [-0.39, 0.29) is 18.4 Å². The lowest BCUT2D eigenvalue weighted by atomic mass is 10.1. The molecule has 0 spiro atoms. The zero-order valence-electron chi connectivity index (χ0n) is 11.8. The van der Waals surface area contributed by atoms with Crippen molar-refractivity contribution in [2.45, 2.75) is 0 Å². The normalized spacial score (nSPS) is 15.8. The van der Waals surface area contributed by atoms with E-state index in [1.165, 1.54) is 7.11 Å². The lowest BCUT2D eigenvalue weighted by Crippen LogP contribution is -2.50. The number of rotatable bonds is 3. The van der Waals surface area contributed by atoms with Gasteiger partial charge < -0.3 is 15.4 Å². The van der Waals surface area contributed by atoms with Gasteiger partial charge in [-0.2, -0.15) is 0 Å². The van der Waals surface area contributed by atoms with Crippen LogP contribution in [0.25, 0.3) is 0 Å². The van der Waals surface area contributed by atoms with Gasteiger partial charge in [0.25, 0.3) is 5.91 Å². The molecule has 1 saturated heterocycles. The molecule has 0 unspecified atom stereocenters. The van der Waals surface area contributed by atoms with E-state index in [4.69, 9.17) is 5.73 Å². The summed E-state index contributed by atoms with van der Waals surface area (Å²) >= 11 is 3.36. The Labute approximate surface area is 132 Å². The maximum Gasteiger partial charge on any atom is 0.319 e. The van der Waals surface area contributed by atoms with Gasteiger partial charge in [0.05, 0.1) is 23.7 Å². The molecule has 6 nitrogen and oxygen atoms in total. The number of amides is 1. The van der Waals surface area contributed by atoms with Crippen molar-refractivity contribution in [2.75, 3.05) is 45.6 Å². The number of hydrogen-bond donors (Lipinski definition) is 1. The van der Waals surface area contributed by atoms with Gasteiger partial charge in [-0.25, -0.2) is 0 Å². The quantitative estimate of drug-likeness (QED) is 0.645. The van der Waals surface area contributed by atoms with Crippen LogP contribution in [0.1, 0.15) is 10.4 Å². The van der Waals surface area contributed by atoms with Crippen molar-refractivity contribution in [1.82, 2.24) is 9.80 Å². The van der Waals surface area contributed by atoms with Gasteiger partial charge in [0, 0.05) is 31.9 Å². The Morgan fingerprint density at radius 2 is 1.95 bits per heavy atom. The number of esters is 1. The molecule has 1 fully saturated rings. The van der Waals surface area contributed by atoms with Crippen molar-refractivity contribution in [3.8, 4) is 0 Å². The van der Waals surface area contributed by atoms with Crippen LogP contribution in [0.2, 0.25) is 0 Å². The Balaban J connectivity index is 1.97. The van der Waals surface area contributed by atoms with Crippen LogP contribution in [0.4, 0.5) is 5.69 Å². The van der Waals surface area contributed by atoms with Crippen LogP contribution in [-0.4, -0.2) is 61.5 Å². The Morgan fingerprint density at radius 3 is 2.57 bits per heavy atom. The summed E-state index contributed by atoms with van der Waals surface area (Å²) < 4.78 is 5.28. The van der Waals surface area contributed by atoms with Crippen LogP contribution in [0.3, 0.4) is 0 Å². The van der Waals surface area contributed by atoms with Crippen LogP contribution in [0.15, 0.2) is 22.7 Å². The smallest absolute Gasteiger partial charge is 0.319 e. The molecule has 7 heteroatoms. The lowest BCUT2D eigenvalue weighted by Gasteiger charge is -2.34. The predicted molar refractivity (Wildman–Crippen MR) is 82.9 cm³/mol. The summed E-state index contributed by atoms with van der Waals surface area (Å²) in [5, 5.41) is 0. The van der Waals surface area contributed by atoms with Crippen molar-refractivity contribution in [3.05, 3.63) is 28.2 Å². The van der Waals surface area contributed by atoms with Gasteiger partial charge >= 0.3 is 5.97 Å². The molecule has 0 radical (unpaired) electrons. The second-order valence-electron chi connectivity index (χ2n) is 4.85. The largest absolute Gasteiger partial charge is 0.468 e. The summed E-state index contributed by atoms with van der Waals surface area (Å²) in [6.45, 7) is 2.73. The molecule has 1 aliphatic rings. The fraction of sp³-hybridized carbons (Fsp3) is 0.429. The van der Waals surface area contributed by atoms with E-state index >= 15 is 0 Å². The molecule has 0 saturated carbocycles. The van der Waals surface area contributed by atoms with Gasteiger partial charge in [-0.1, -0.05) is 6.07 Å². The minimum absolute atomic E-state index is 0.0492. The first-order valence-corrected chi connectivity index (χ1v) is 7.44. The average Bonchev–Trinajstić information content (AvgIpc) is 2.50. The number of anilines is 1. The highest BCUT2D eigenvalue weighted by Crippen LogP contribution is 2.25. The van der Waals surface area contributed by atoms with Crippen LogP contribution in [0, 0.1) is 0 Å². The SMILES string of the molecule is COC(=O)CN1CCN(C(=O)c2cccc(N)c2Br)CC1. The number of nitrogen functional groups attached to an aromatic ring is 1. The molecule has 1 heterocycles. The summed E-state index contributed by atoms with van der Waals surface area (Å²) in [4.78, 5) is 27.5. The number of piperazine rings is 1. The fourth-order valence-corrected chi connectivity index (χ4v) is 2.68. The number of methoxy groups -OCH3 is 1. The third-order valence-corrected chi connectivity index (χ3v) is 4.38. The van der Waals surface area contributed by atoms with E-state index in [2.05, 4.69) is 20.7 Å². The van der Waals surface area contributed by atoms with Crippen LogP contribution < -0.4 is 5.73 Å². The maximum atomic E-state index is 12.5. The lowest BCUT2D eigenvalue weighted by molar-refractivity contribution is -0.142. The van der Waals surface area contributed by atoms with E-state index in [1.807, 2.05) is 4.90 Å². The number of halogens is 1. The highest BCUT2D eigenvalue weighted by atomic mass is 79.9. The molecule has 1 amide bonds. The minimum atomic E-state index is -0.256. The minimum Gasteiger partial charge on any atom is -0.468 e. The average molecular weight is 356 g/mol. The third kappa shape index (κ3) is 3.74. The van der Waals surface area contributed by atoms with Crippen LogP contribution >= 0.6 is 15.9 Å². The van der Waals surface area contributed by atoms with Crippen molar-refractivity contribution in [3.63, 3.8) is 0 Å². The number of hydrogen-bond acceptors (Lipinski definition) is 5. The molecule has 1 aliphatic heterocycles. The van der Waals surface area contributed by atoms with Crippen molar-refractivity contribution < 1.29 is 14.3 Å². The molecular weight excluding hydrogens is 338 g/mol. The molecule has 1 aromatic carbocycles. The fourth-order valence-electron chi connectivity index (χ4n) is 2.24. The molecule has 1 aromatic rings. The van der Waals surface area contributed by atoms with Gasteiger partial charge in [0.15, 0.2) is 0 Å². The molecule has 2 N–H and O–H groups in total. The number of carbonyl (C=O) groups is 2. The first-order chi connectivity index (χ1) is 10.0. The first kappa shape index (κ1) is 15.8. The molecule has 0 aromatic heterocycles. The first-order valence-electron chi connectivity index (χ1n) is 6.65. The van der Waals surface area contributed by atoms with Crippen molar-refractivity contribution >= 4 is 33.5 Å². The van der Waals surface area contributed by atoms with Gasteiger partial charge in [0.2, 0.25) is 0 Å². The van der Waals surface area contributed by atoms with E-state index in [0.717, 1.165) is 0 Å². The second kappa shape index (κ2) is 6.91. The Kier molecular flexibility index (Phi) is 5.19. The summed E-state index contributed by atoms with van der Waals surface area (Å²) in [6.07, 6.45) is 0. The topological polar surface area (TPSA) is 75.9 Å². The molecule has 114 valence electrons. The number of ether oxygens (including phenoxy) is 1. The number of benzene rings is 1. The third-order valence-electron chi connectivity index (χ3n) is 3.50. The Bertz CT molecular complexity index is 542. The van der Waals surface area contributed by atoms with Crippen molar-refractivity contribution in [1.29, 1.82) is 0 Å². The van der Waals surface area contributed by atoms with Gasteiger partial charge in [-0.3, -0.25) is 14.5 Å². The van der Waals surface area contributed by atoms with E-state index in [1.54, 1.807) is 23.1 Å². The number of carbonyl (C=O) groups excluding carboxylic acids is 2. The summed E-state index contributed by atoms with van der Waals surface area (Å²) in [5.41, 5.74) is 6.92. The standard InChI is InChI=1S/C14H18BrN3O3/c1-21-12(19)9-17-5-7-18(8-6-17)14(20)10-3-2-4-11(16)13(10)15/h2-4H,5-9,16H2,1H3. The summed E-state index contributed by atoms with van der Waals surface area (Å²) in [5.74, 6) is -0.305. The summed E-state index contributed by atoms with van der Waals surface area (Å²) in [6, 6.07) is 5.26. The second-order valence-corrected chi connectivity index (χ2v) is 5.65. The number of nitrogens with two attached hydrogens (primary N) is 1. The molecule has 0 atom stereocenters. The highest BCUT2D eigenvalue weighted by molar-refractivity contribution is 9.10. The zero-order valence-corrected chi connectivity index (χ0v) is 13.4. The van der Waals surface area contributed by atoms with E-state index in [0.29, 0.717) is 41.9 Å². The van der Waals surface area contributed by atoms with Crippen molar-refractivity contribution in [2.24, 2.45) is 0 Å². The Hall–Kier alpha value is -1.60. The molecule has 2 rings (SSSR count). The predicted octanol–water partition coefficient (Wildman–Crippen LogP) is 0.962. The van der Waals surface area contributed by atoms with Gasteiger partial charge in [-0.05, 0) is 28.1 Å². The molecule has 0 aliphatic carbocycles. The van der Waals surface area contributed by atoms with Crippen LogP contribution in [0.5, 0.6) is 0 Å². The zero-order chi connectivity index (χ0) is 15.4. The molecular formula is C14H18BrN3O3. The number of nitrogens with zero attached hydrogens (tertiary/aromatic N) is 2. The maximum absolute atomic E-state index is 12.5. The van der Waals surface area contributed by atoms with Crippen LogP contribution in [-0.2, 0) is 9.53 Å². The molecule has 0 bridgehead atoms. The Morgan fingerprint density at radius 1 is 1.29 bits per heavy atom. The summed E-state index contributed by atoms with van der Waals surface area (Å²) in [7, 11) is 1.37. The van der Waals surface area contributed by atoms with E-state index < -0.39 is 0 Å². The highest BCUT2D eigenvalue weighted by Gasteiger charge is 2.24. The monoisotopic (exact) mass is 355 g/mol. The van der Waals surface area contributed by atoms with E-state index in [9.17, 15) is 9.59 Å². The molecule has 21 heavy (non-hydrogen) atoms. The van der Waals surface area contributed by atoms with Gasteiger partial charge in [-0.15, -0.1) is 0 Å². The van der Waals surface area contributed by atoms with Gasteiger partial charge in [0.1, 0.15) is 0 Å².